The van der Waals surface area contributed by atoms with Crippen molar-refractivity contribution in [1.82, 2.24) is 14.3 Å². The third kappa shape index (κ3) is 3.42. The van der Waals surface area contributed by atoms with E-state index < -0.39 is 10.0 Å². The Morgan fingerprint density at radius 2 is 1.81 bits per heavy atom. The molecule has 1 aliphatic heterocycles. The van der Waals surface area contributed by atoms with Crippen LogP contribution in [0, 0.1) is 0 Å². The highest BCUT2D eigenvalue weighted by Crippen LogP contribution is 2.30. The summed E-state index contributed by atoms with van der Waals surface area (Å²) in [7, 11) is -3.44. The van der Waals surface area contributed by atoms with Crippen molar-refractivity contribution in [1.29, 1.82) is 0 Å². The van der Waals surface area contributed by atoms with E-state index in [2.05, 4.69) is 9.97 Å². The molecule has 3 heterocycles. The molecule has 4 rings (SSSR count). The summed E-state index contributed by atoms with van der Waals surface area (Å²) in [5.74, 6) is 0. The minimum absolute atomic E-state index is 0.341. The Morgan fingerprint density at radius 1 is 1.00 bits per heavy atom. The SMILES string of the molecule is O=S(=O)(c1cccc(-c2csc(-c3cccnc3)n2)c1)N1CCCCC1. The molecule has 0 saturated carbocycles. The number of rotatable bonds is 4. The van der Waals surface area contributed by atoms with Crippen molar-refractivity contribution >= 4 is 21.4 Å². The highest BCUT2D eigenvalue weighted by molar-refractivity contribution is 7.89. The third-order valence-electron chi connectivity index (χ3n) is 4.50. The van der Waals surface area contributed by atoms with Crippen molar-refractivity contribution in [2.75, 3.05) is 13.1 Å². The predicted octanol–water partition coefficient (Wildman–Crippen LogP) is 4.05. The van der Waals surface area contributed by atoms with Crippen LogP contribution in [-0.4, -0.2) is 35.8 Å². The molecule has 3 aromatic rings. The van der Waals surface area contributed by atoms with Gasteiger partial charge in [0, 0.05) is 42.0 Å². The summed E-state index contributed by atoms with van der Waals surface area (Å²) in [6.07, 6.45) is 6.47. The van der Waals surface area contributed by atoms with Gasteiger partial charge in [-0.1, -0.05) is 18.6 Å². The molecule has 134 valence electrons. The largest absolute Gasteiger partial charge is 0.264 e. The van der Waals surface area contributed by atoms with Gasteiger partial charge in [-0.15, -0.1) is 11.3 Å². The van der Waals surface area contributed by atoms with Gasteiger partial charge in [-0.2, -0.15) is 4.31 Å². The van der Waals surface area contributed by atoms with Crippen LogP contribution in [0.25, 0.3) is 21.8 Å². The lowest BCUT2D eigenvalue weighted by atomic mass is 10.2. The molecule has 0 radical (unpaired) electrons. The molecule has 2 aromatic heterocycles. The lowest BCUT2D eigenvalue weighted by Crippen LogP contribution is -2.35. The molecule has 0 spiro atoms. The number of hydrogen-bond acceptors (Lipinski definition) is 5. The van der Waals surface area contributed by atoms with E-state index in [0.29, 0.717) is 18.0 Å². The first-order chi connectivity index (χ1) is 12.6. The molecule has 1 aromatic carbocycles. The van der Waals surface area contributed by atoms with Crippen molar-refractivity contribution in [3.63, 3.8) is 0 Å². The van der Waals surface area contributed by atoms with Crippen molar-refractivity contribution in [2.24, 2.45) is 0 Å². The van der Waals surface area contributed by atoms with E-state index in [4.69, 9.17) is 0 Å². The van der Waals surface area contributed by atoms with Crippen molar-refractivity contribution in [2.45, 2.75) is 24.2 Å². The molecule has 0 aliphatic carbocycles. The molecule has 0 N–H and O–H groups in total. The minimum Gasteiger partial charge on any atom is -0.264 e. The van der Waals surface area contributed by atoms with Gasteiger partial charge in [0.05, 0.1) is 10.6 Å². The zero-order chi connectivity index (χ0) is 18.0. The van der Waals surface area contributed by atoms with Crippen LogP contribution in [0.5, 0.6) is 0 Å². The van der Waals surface area contributed by atoms with E-state index in [-0.39, 0.29) is 0 Å². The quantitative estimate of drug-likeness (QED) is 0.680. The number of piperidine rings is 1. The maximum atomic E-state index is 12.9. The highest BCUT2D eigenvalue weighted by Gasteiger charge is 2.26. The smallest absolute Gasteiger partial charge is 0.243 e. The maximum Gasteiger partial charge on any atom is 0.243 e. The van der Waals surface area contributed by atoms with Crippen molar-refractivity contribution in [3.8, 4) is 21.8 Å². The van der Waals surface area contributed by atoms with Crippen LogP contribution >= 0.6 is 11.3 Å². The molecule has 0 amide bonds. The second kappa shape index (κ2) is 7.26. The molecule has 26 heavy (non-hydrogen) atoms. The second-order valence-electron chi connectivity index (χ2n) is 6.27. The van der Waals surface area contributed by atoms with Gasteiger partial charge in [0.2, 0.25) is 10.0 Å². The molecular formula is C19H19N3O2S2. The molecule has 7 heteroatoms. The lowest BCUT2D eigenvalue weighted by molar-refractivity contribution is 0.346. The normalized spacial score (nSPS) is 15.8. The Hall–Kier alpha value is -2.09. The molecule has 5 nitrogen and oxygen atoms in total. The first kappa shape index (κ1) is 17.3. The summed E-state index contributed by atoms with van der Waals surface area (Å²) in [6.45, 7) is 1.21. The fraction of sp³-hybridized carbons (Fsp3) is 0.263. The van der Waals surface area contributed by atoms with Gasteiger partial charge >= 0.3 is 0 Å². The fourth-order valence-electron chi connectivity index (χ4n) is 3.10. The lowest BCUT2D eigenvalue weighted by Gasteiger charge is -2.26. The van der Waals surface area contributed by atoms with E-state index in [9.17, 15) is 8.42 Å². The Bertz CT molecular complexity index is 994. The zero-order valence-electron chi connectivity index (χ0n) is 14.2. The number of pyridine rings is 1. The summed E-state index contributed by atoms with van der Waals surface area (Å²) >= 11 is 1.53. The van der Waals surface area contributed by atoms with Gasteiger partial charge in [-0.25, -0.2) is 13.4 Å². The van der Waals surface area contributed by atoms with E-state index in [1.54, 1.807) is 34.9 Å². The molecule has 1 fully saturated rings. The summed E-state index contributed by atoms with van der Waals surface area (Å²) < 4.78 is 27.4. The molecular weight excluding hydrogens is 366 g/mol. The number of sulfonamides is 1. The molecule has 0 atom stereocenters. The van der Waals surface area contributed by atoms with Crippen LogP contribution in [0.2, 0.25) is 0 Å². The number of hydrogen-bond donors (Lipinski definition) is 0. The zero-order valence-corrected chi connectivity index (χ0v) is 15.8. The first-order valence-corrected chi connectivity index (χ1v) is 10.9. The van der Waals surface area contributed by atoms with E-state index in [1.807, 2.05) is 23.6 Å². The topological polar surface area (TPSA) is 63.2 Å². The molecule has 1 aliphatic rings. The van der Waals surface area contributed by atoms with E-state index in [0.717, 1.165) is 41.1 Å². The van der Waals surface area contributed by atoms with Gasteiger partial charge in [-0.3, -0.25) is 4.98 Å². The molecule has 0 bridgehead atoms. The van der Waals surface area contributed by atoms with Crippen LogP contribution in [0.3, 0.4) is 0 Å². The van der Waals surface area contributed by atoms with Crippen LogP contribution in [0.1, 0.15) is 19.3 Å². The van der Waals surface area contributed by atoms with Crippen LogP contribution in [-0.2, 0) is 10.0 Å². The molecule has 0 unspecified atom stereocenters. The summed E-state index contributed by atoms with van der Waals surface area (Å²) in [4.78, 5) is 9.12. The van der Waals surface area contributed by atoms with Gasteiger partial charge < -0.3 is 0 Å². The standard InChI is InChI=1S/C19H19N3O2S2/c23-26(24,22-10-2-1-3-11-22)17-8-4-6-15(12-17)18-14-25-19(21-18)16-7-5-9-20-13-16/h4-9,12-14H,1-3,10-11H2. The predicted molar refractivity (Wildman–Crippen MR) is 103 cm³/mol. The Kier molecular flexibility index (Phi) is 4.84. The maximum absolute atomic E-state index is 12.9. The average molecular weight is 386 g/mol. The van der Waals surface area contributed by atoms with E-state index in [1.165, 1.54) is 11.3 Å². The highest BCUT2D eigenvalue weighted by atomic mass is 32.2. The Labute approximate surface area is 157 Å². The number of aromatic nitrogens is 2. The Morgan fingerprint density at radius 3 is 2.58 bits per heavy atom. The number of benzene rings is 1. The van der Waals surface area contributed by atoms with Crippen molar-refractivity contribution in [3.05, 3.63) is 54.2 Å². The monoisotopic (exact) mass is 385 g/mol. The fourth-order valence-corrected chi connectivity index (χ4v) is 5.48. The number of nitrogens with zero attached hydrogens (tertiary/aromatic N) is 3. The number of thiazole rings is 1. The minimum atomic E-state index is -3.44. The Balaban J connectivity index is 1.65. The van der Waals surface area contributed by atoms with Crippen LogP contribution in [0.15, 0.2) is 59.1 Å². The van der Waals surface area contributed by atoms with Gasteiger partial charge in [0.1, 0.15) is 5.01 Å². The van der Waals surface area contributed by atoms with E-state index >= 15 is 0 Å². The van der Waals surface area contributed by atoms with Gasteiger partial charge in [0.25, 0.3) is 0 Å². The van der Waals surface area contributed by atoms with Gasteiger partial charge in [0.15, 0.2) is 0 Å². The van der Waals surface area contributed by atoms with Crippen LogP contribution < -0.4 is 0 Å². The summed E-state index contributed by atoms with van der Waals surface area (Å²) in [5.41, 5.74) is 2.56. The summed E-state index contributed by atoms with van der Waals surface area (Å²) in [5, 5.41) is 2.83. The van der Waals surface area contributed by atoms with Crippen LogP contribution in [0.4, 0.5) is 0 Å². The third-order valence-corrected chi connectivity index (χ3v) is 7.28. The summed E-state index contributed by atoms with van der Waals surface area (Å²) in [6, 6.07) is 10.9. The first-order valence-electron chi connectivity index (χ1n) is 8.61. The second-order valence-corrected chi connectivity index (χ2v) is 9.07. The molecule has 1 saturated heterocycles. The van der Waals surface area contributed by atoms with Gasteiger partial charge in [-0.05, 0) is 37.1 Å². The van der Waals surface area contributed by atoms with Crippen molar-refractivity contribution < 1.29 is 8.42 Å². The average Bonchev–Trinajstić information content (AvgIpc) is 3.20.